The van der Waals surface area contributed by atoms with Gasteiger partial charge in [0.15, 0.2) is 0 Å². The lowest BCUT2D eigenvalue weighted by atomic mass is 10.2. The van der Waals surface area contributed by atoms with Crippen LogP contribution < -0.4 is 9.84 Å². The number of benzene rings is 1. The number of carboxylic acids is 1. The first-order valence-electron chi connectivity index (χ1n) is 5.79. The molecule has 0 amide bonds. The zero-order valence-electron chi connectivity index (χ0n) is 9.87. The van der Waals surface area contributed by atoms with Crippen LogP contribution in [-0.4, -0.2) is 12.6 Å². The van der Waals surface area contributed by atoms with Gasteiger partial charge in [0, 0.05) is 0 Å². The van der Waals surface area contributed by atoms with Gasteiger partial charge < -0.3 is 14.6 Å². The Hall–Kier alpha value is -1.03. The molecule has 0 heterocycles. The maximum Gasteiger partial charge on any atom is 0.133 e. The minimum atomic E-state index is -1.18. The van der Waals surface area contributed by atoms with Crippen LogP contribution in [-0.2, 0) is 0 Å². The first-order chi connectivity index (χ1) is 8.15. The lowest BCUT2D eigenvalue weighted by Crippen LogP contribution is -2.22. The summed E-state index contributed by atoms with van der Waals surface area (Å²) in [6, 6.07) is 4.63. The molecule has 0 unspecified atom stereocenters. The molecule has 0 saturated carbocycles. The zero-order valence-corrected chi connectivity index (χ0v) is 11.5. The van der Waals surface area contributed by atoms with E-state index in [1.54, 1.807) is 6.07 Å². The Balaban J connectivity index is 2.46. The van der Waals surface area contributed by atoms with Gasteiger partial charge in [-0.15, -0.1) is 0 Å². The number of carbonyl (C=O) groups excluding carboxylic acids is 1. The third-order valence-electron chi connectivity index (χ3n) is 2.42. The molecule has 1 aromatic carbocycles. The van der Waals surface area contributed by atoms with Crippen LogP contribution in [0, 0.1) is 0 Å². The fourth-order valence-electron chi connectivity index (χ4n) is 1.46. The molecule has 0 aliphatic heterocycles. The van der Waals surface area contributed by atoms with Crippen LogP contribution in [0.1, 0.15) is 43.0 Å². The number of aromatic carboxylic acids is 1. The SMILES string of the molecule is CCCCCCOc1ccc(C(=O)[O-])cc1Br. The average Bonchev–Trinajstić information content (AvgIpc) is 2.30. The molecule has 94 valence electrons. The minimum absolute atomic E-state index is 0.148. The summed E-state index contributed by atoms with van der Waals surface area (Å²) in [6.45, 7) is 2.82. The highest BCUT2D eigenvalue weighted by Crippen LogP contribution is 2.26. The number of carbonyl (C=O) groups is 1. The van der Waals surface area contributed by atoms with Crippen LogP contribution in [0.3, 0.4) is 0 Å². The summed E-state index contributed by atoms with van der Waals surface area (Å²) in [5.74, 6) is -0.508. The van der Waals surface area contributed by atoms with Crippen molar-refractivity contribution in [1.29, 1.82) is 0 Å². The van der Waals surface area contributed by atoms with Gasteiger partial charge >= 0.3 is 0 Å². The summed E-state index contributed by atoms with van der Waals surface area (Å²) >= 11 is 3.28. The van der Waals surface area contributed by atoms with E-state index in [1.165, 1.54) is 25.0 Å². The van der Waals surface area contributed by atoms with Crippen molar-refractivity contribution in [3.05, 3.63) is 28.2 Å². The van der Waals surface area contributed by atoms with Crippen LogP contribution in [0.2, 0.25) is 0 Å². The van der Waals surface area contributed by atoms with Crippen molar-refractivity contribution in [2.45, 2.75) is 32.6 Å². The van der Waals surface area contributed by atoms with E-state index in [2.05, 4.69) is 22.9 Å². The Morgan fingerprint density at radius 1 is 1.35 bits per heavy atom. The van der Waals surface area contributed by atoms with Gasteiger partial charge in [-0.1, -0.05) is 26.2 Å². The smallest absolute Gasteiger partial charge is 0.133 e. The number of halogens is 1. The highest BCUT2D eigenvalue weighted by atomic mass is 79.9. The molecule has 0 bridgehead atoms. The molecule has 1 rings (SSSR count). The molecule has 0 aromatic heterocycles. The van der Waals surface area contributed by atoms with E-state index in [9.17, 15) is 9.90 Å². The second-order valence-corrected chi connectivity index (χ2v) is 4.70. The fraction of sp³-hybridized carbons (Fsp3) is 0.462. The first-order valence-corrected chi connectivity index (χ1v) is 6.58. The van der Waals surface area contributed by atoms with Gasteiger partial charge in [0.2, 0.25) is 0 Å². The van der Waals surface area contributed by atoms with Crippen molar-refractivity contribution in [2.75, 3.05) is 6.61 Å². The molecule has 0 saturated heterocycles. The normalized spacial score (nSPS) is 10.2. The summed E-state index contributed by atoms with van der Waals surface area (Å²) < 4.78 is 6.21. The van der Waals surface area contributed by atoms with Gasteiger partial charge in [-0.2, -0.15) is 0 Å². The van der Waals surface area contributed by atoms with E-state index < -0.39 is 5.97 Å². The van der Waals surface area contributed by atoms with Crippen molar-refractivity contribution in [3.8, 4) is 5.75 Å². The van der Waals surface area contributed by atoms with Gasteiger partial charge in [0.25, 0.3) is 0 Å². The van der Waals surface area contributed by atoms with Crippen LogP contribution in [0.25, 0.3) is 0 Å². The Morgan fingerprint density at radius 3 is 2.71 bits per heavy atom. The van der Waals surface area contributed by atoms with Crippen molar-refractivity contribution in [1.82, 2.24) is 0 Å². The van der Waals surface area contributed by atoms with Crippen molar-refractivity contribution in [2.24, 2.45) is 0 Å². The van der Waals surface area contributed by atoms with Crippen molar-refractivity contribution >= 4 is 21.9 Å². The van der Waals surface area contributed by atoms with E-state index in [0.717, 1.165) is 12.8 Å². The first kappa shape index (κ1) is 14.0. The average molecular weight is 300 g/mol. The lowest BCUT2D eigenvalue weighted by Gasteiger charge is -2.10. The molecule has 0 atom stereocenters. The van der Waals surface area contributed by atoms with E-state index in [-0.39, 0.29) is 5.56 Å². The Kier molecular flexibility index (Phi) is 6.05. The van der Waals surface area contributed by atoms with Crippen LogP contribution in [0.5, 0.6) is 5.75 Å². The Morgan fingerprint density at radius 2 is 2.12 bits per heavy atom. The van der Waals surface area contributed by atoms with E-state index in [0.29, 0.717) is 16.8 Å². The molecule has 0 spiro atoms. The Labute approximate surface area is 110 Å². The van der Waals surface area contributed by atoms with E-state index in [1.807, 2.05) is 0 Å². The quantitative estimate of drug-likeness (QED) is 0.728. The van der Waals surface area contributed by atoms with E-state index in [4.69, 9.17) is 4.74 Å². The minimum Gasteiger partial charge on any atom is -0.545 e. The second-order valence-electron chi connectivity index (χ2n) is 3.84. The summed E-state index contributed by atoms with van der Waals surface area (Å²) in [6.07, 6.45) is 4.59. The molecule has 0 radical (unpaired) electrons. The number of unbranched alkanes of at least 4 members (excludes halogenated alkanes) is 3. The number of rotatable bonds is 7. The maximum atomic E-state index is 10.6. The molecule has 0 aliphatic carbocycles. The number of hydrogen-bond acceptors (Lipinski definition) is 3. The molecule has 17 heavy (non-hydrogen) atoms. The largest absolute Gasteiger partial charge is 0.545 e. The number of carboxylic acid groups (broad SMARTS) is 1. The van der Waals surface area contributed by atoms with Gasteiger partial charge in [-0.05, 0) is 46.1 Å². The van der Waals surface area contributed by atoms with Crippen LogP contribution >= 0.6 is 15.9 Å². The summed E-state index contributed by atoms with van der Waals surface area (Å²) in [5, 5.41) is 10.6. The number of hydrogen-bond donors (Lipinski definition) is 0. The van der Waals surface area contributed by atoms with Crippen LogP contribution in [0.15, 0.2) is 22.7 Å². The predicted octanol–water partition coefficient (Wildman–Crippen LogP) is 2.77. The molecule has 0 N–H and O–H groups in total. The molecule has 0 aliphatic rings. The van der Waals surface area contributed by atoms with Crippen molar-refractivity contribution in [3.63, 3.8) is 0 Å². The predicted molar refractivity (Wildman–Crippen MR) is 68.1 cm³/mol. The summed E-state index contributed by atoms with van der Waals surface area (Å²) in [4.78, 5) is 10.6. The van der Waals surface area contributed by atoms with Gasteiger partial charge in [0.05, 0.1) is 17.0 Å². The highest BCUT2D eigenvalue weighted by molar-refractivity contribution is 9.10. The molecule has 3 nitrogen and oxygen atoms in total. The molecule has 0 fully saturated rings. The van der Waals surface area contributed by atoms with Gasteiger partial charge in [-0.3, -0.25) is 0 Å². The molecular formula is C13H16BrO3-. The molecule has 1 aromatic rings. The maximum absolute atomic E-state index is 10.6. The monoisotopic (exact) mass is 299 g/mol. The third-order valence-corrected chi connectivity index (χ3v) is 3.04. The molecule has 4 heteroatoms. The fourth-order valence-corrected chi connectivity index (χ4v) is 1.95. The van der Waals surface area contributed by atoms with Crippen molar-refractivity contribution < 1.29 is 14.6 Å². The van der Waals surface area contributed by atoms with E-state index >= 15 is 0 Å². The molecular weight excluding hydrogens is 284 g/mol. The summed E-state index contributed by atoms with van der Waals surface area (Å²) in [5.41, 5.74) is 0.148. The van der Waals surface area contributed by atoms with Gasteiger partial charge in [0.1, 0.15) is 5.75 Å². The topological polar surface area (TPSA) is 49.4 Å². The second kappa shape index (κ2) is 7.33. The lowest BCUT2D eigenvalue weighted by molar-refractivity contribution is -0.255. The third kappa shape index (κ3) is 4.77. The zero-order chi connectivity index (χ0) is 12.7. The van der Waals surface area contributed by atoms with Crippen LogP contribution in [0.4, 0.5) is 0 Å². The summed E-state index contributed by atoms with van der Waals surface area (Å²) in [7, 11) is 0. The Bertz CT molecular complexity index is 377. The van der Waals surface area contributed by atoms with Gasteiger partial charge in [-0.25, -0.2) is 0 Å². The number of ether oxygens (including phenoxy) is 1. The standard InChI is InChI=1S/C13H17BrO3/c1-2-3-4-5-8-17-12-7-6-10(13(15)16)9-11(12)14/h6-7,9H,2-5,8H2,1H3,(H,15,16)/p-1. The highest BCUT2D eigenvalue weighted by Gasteiger charge is 2.03.